The Bertz CT molecular complexity index is 1020. The molecule has 3 atom stereocenters. The Hall–Kier alpha value is -2.86. The summed E-state index contributed by atoms with van der Waals surface area (Å²) in [5, 5.41) is 13.2. The Morgan fingerprint density at radius 3 is 2.52 bits per heavy atom. The van der Waals surface area contributed by atoms with Gasteiger partial charge in [-0.15, -0.1) is 0 Å². The minimum atomic E-state index is -0.226. The number of rotatable bonds is 4. The monoisotopic (exact) mass is 447 g/mol. The quantitative estimate of drug-likeness (QED) is 0.751. The number of amides is 3. The zero-order chi connectivity index (χ0) is 22.9. The van der Waals surface area contributed by atoms with Crippen LogP contribution >= 0.6 is 0 Å². The molecule has 0 bridgehead atoms. The summed E-state index contributed by atoms with van der Waals surface area (Å²) in [6, 6.07) is 16.6. The van der Waals surface area contributed by atoms with Crippen LogP contribution in [0.25, 0.3) is 11.1 Å². The maximum atomic E-state index is 12.9. The van der Waals surface area contributed by atoms with E-state index in [2.05, 4.69) is 60.8 Å². The van der Waals surface area contributed by atoms with Gasteiger partial charge in [-0.25, -0.2) is 4.79 Å². The van der Waals surface area contributed by atoms with Gasteiger partial charge in [0.1, 0.15) is 6.54 Å². The minimum Gasteiger partial charge on any atom is -0.394 e. The third-order valence-corrected chi connectivity index (χ3v) is 7.62. The van der Waals surface area contributed by atoms with E-state index in [1.54, 1.807) is 9.80 Å². The molecule has 174 valence electrons. The van der Waals surface area contributed by atoms with E-state index in [0.717, 1.165) is 36.8 Å². The molecule has 0 aromatic heterocycles. The summed E-state index contributed by atoms with van der Waals surface area (Å²) in [6.45, 7) is 2.61. The van der Waals surface area contributed by atoms with Crippen LogP contribution in [0, 0.1) is 6.92 Å². The van der Waals surface area contributed by atoms with E-state index < -0.39 is 0 Å². The van der Waals surface area contributed by atoms with Crippen LogP contribution in [0.4, 0.5) is 4.79 Å². The number of benzene rings is 2. The average Bonchev–Trinajstić information content (AvgIpc) is 2.81. The predicted molar refractivity (Wildman–Crippen MR) is 128 cm³/mol. The molecule has 3 aliphatic rings. The fourth-order valence-corrected chi connectivity index (χ4v) is 5.89. The Morgan fingerprint density at radius 1 is 1.06 bits per heavy atom. The number of nitrogens with zero attached hydrogens (tertiary/aromatic N) is 2. The third-order valence-electron chi connectivity index (χ3n) is 7.62. The lowest BCUT2D eigenvalue weighted by atomic mass is 9.73. The van der Waals surface area contributed by atoms with Crippen molar-refractivity contribution in [2.24, 2.45) is 0 Å². The van der Waals surface area contributed by atoms with Crippen LogP contribution in [0.3, 0.4) is 0 Å². The second-order valence-electron chi connectivity index (χ2n) is 9.80. The fourth-order valence-electron chi connectivity index (χ4n) is 5.89. The Labute approximate surface area is 195 Å². The first-order chi connectivity index (χ1) is 16.0. The standard InChI is InChI=1S/C27H33N3O3/c1-18-6-5-7-21(14-18)19-10-12-20(13-11-19)26-23-15-29(16-25(32)30(23)24(26)17-31)27(33)28-22-8-3-2-4-9-22/h5-7,10-14,22-24,26,31H,2-4,8-9,15-17H2,1H3,(H,28,33)/t23-,24-,26+/m1/s1. The molecule has 2 N–H and O–H groups in total. The molecular formula is C27H33N3O3. The van der Waals surface area contributed by atoms with Gasteiger partial charge in [-0.3, -0.25) is 4.79 Å². The number of carbonyl (C=O) groups is 2. The number of piperazine rings is 1. The van der Waals surface area contributed by atoms with Crippen molar-refractivity contribution in [3.05, 3.63) is 59.7 Å². The molecule has 2 saturated heterocycles. The lowest BCUT2D eigenvalue weighted by Crippen LogP contribution is -2.74. The molecule has 0 radical (unpaired) electrons. The van der Waals surface area contributed by atoms with Crippen molar-refractivity contribution in [2.75, 3.05) is 19.7 Å². The highest BCUT2D eigenvalue weighted by molar-refractivity contribution is 5.87. The highest BCUT2D eigenvalue weighted by Gasteiger charge is 2.54. The maximum absolute atomic E-state index is 12.9. The Balaban J connectivity index is 1.31. The van der Waals surface area contributed by atoms with Gasteiger partial charge < -0.3 is 20.2 Å². The van der Waals surface area contributed by atoms with E-state index in [0.29, 0.717) is 6.54 Å². The molecule has 2 heterocycles. The topological polar surface area (TPSA) is 72.9 Å². The number of aryl methyl sites for hydroxylation is 1. The van der Waals surface area contributed by atoms with Gasteiger partial charge in [-0.05, 0) is 36.5 Å². The number of fused-ring (bicyclic) bond motifs is 1. The van der Waals surface area contributed by atoms with Gasteiger partial charge in [0, 0.05) is 18.5 Å². The second kappa shape index (κ2) is 9.18. The van der Waals surface area contributed by atoms with E-state index in [1.165, 1.54) is 17.5 Å². The molecule has 2 aromatic carbocycles. The first-order valence-electron chi connectivity index (χ1n) is 12.2. The normalized spacial score (nSPS) is 25.4. The molecule has 1 saturated carbocycles. The van der Waals surface area contributed by atoms with Gasteiger partial charge in [0.2, 0.25) is 5.91 Å². The second-order valence-corrected chi connectivity index (χ2v) is 9.80. The molecule has 3 amide bonds. The lowest BCUT2D eigenvalue weighted by molar-refractivity contribution is -0.159. The smallest absolute Gasteiger partial charge is 0.318 e. The van der Waals surface area contributed by atoms with Crippen LogP contribution in [-0.4, -0.2) is 64.7 Å². The molecule has 1 aliphatic carbocycles. The summed E-state index contributed by atoms with van der Waals surface area (Å²) in [4.78, 5) is 29.2. The first-order valence-corrected chi connectivity index (χ1v) is 12.2. The van der Waals surface area contributed by atoms with E-state index >= 15 is 0 Å². The van der Waals surface area contributed by atoms with Crippen molar-refractivity contribution in [2.45, 2.75) is 63.1 Å². The molecule has 6 heteroatoms. The van der Waals surface area contributed by atoms with E-state index in [4.69, 9.17) is 0 Å². The minimum absolute atomic E-state index is 0.0239. The largest absolute Gasteiger partial charge is 0.394 e. The zero-order valence-electron chi connectivity index (χ0n) is 19.2. The lowest BCUT2D eigenvalue weighted by Gasteiger charge is -2.58. The number of carbonyl (C=O) groups excluding carboxylic acids is 2. The summed E-state index contributed by atoms with van der Waals surface area (Å²) in [7, 11) is 0. The van der Waals surface area contributed by atoms with Crippen LogP contribution < -0.4 is 5.32 Å². The van der Waals surface area contributed by atoms with Crippen LogP contribution in [0.1, 0.15) is 49.1 Å². The maximum Gasteiger partial charge on any atom is 0.318 e. The number of aliphatic hydroxyl groups excluding tert-OH is 1. The summed E-state index contributed by atoms with van der Waals surface area (Å²) >= 11 is 0. The van der Waals surface area contributed by atoms with Crippen molar-refractivity contribution in [3.63, 3.8) is 0 Å². The molecule has 33 heavy (non-hydrogen) atoms. The third kappa shape index (κ3) is 4.24. The van der Waals surface area contributed by atoms with E-state index in [-0.39, 0.29) is 49.1 Å². The summed E-state index contributed by atoms with van der Waals surface area (Å²) in [5.41, 5.74) is 4.65. The molecule has 3 fully saturated rings. The van der Waals surface area contributed by atoms with Crippen molar-refractivity contribution < 1.29 is 14.7 Å². The van der Waals surface area contributed by atoms with Crippen molar-refractivity contribution in [3.8, 4) is 11.1 Å². The number of urea groups is 1. The average molecular weight is 448 g/mol. The zero-order valence-corrected chi connectivity index (χ0v) is 19.2. The molecule has 2 aliphatic heterocycles. The highest BCUT2D eigenvalue weighted by atomic mass is 16.3. The first kappa shape index (κ1) is 22.0. The Kier molecular flexibility index (Phi) is 6.11. The van der Waals surface area contributed by atoms with Gasteiger partial charge >= 0.3 is 6.03 Å². The van der Waals surface area contributed by atoms with Crippen LogP contribution in [-0.2, 0) is 4.79 Å². The SMILES string of the molecule is Cc1cccc(-c2ccc([C@@H]3[C@@H](CO)N4C(=O)CN(C(=O)NC5CCCCC5)C[C@H]34)cc2)c1. The van der Waals surface area contributed by atoms with Gasteiger partial charge in [0.15, 0.2) is 0 Å². The van der Waals surface area contributed by atoms with Crippen LogP contribution in [0.15, 0.2) is 48.5 Å². The van der Waals surface area contributed by atoms with Gasteiger partial charge in [-0.2, -0.15) is 0 Å². The van der Waals surface area contributed by atoms with Crippen molar-refractivity contribution >= 4 is 11.9 Å². The predicted octanol–water partition coefficient (Wildman–Crippen LogP) is 3.68. The van der Waals surface area contributed by atoms with Gasteiger partial charge in [0.05, 0.1) is 18.7 Å². The fraction of sp³-hybridized carbons (Fsp3) is 0.481. The molecule has 0 spiro atoms. The molecular weight excluding hydrogens is 414 g/mol. The molecule has 2 aromatic rings. The summed E-state index contributed by atoms with van der Waals surface area (Å²) in [5.74, 6) is -0.0486. The molecule has 0 unspecified atom stereocenters. The van der Waals surface area contributed by atoms with E-state index in [9.17, 15) is 14.7 Å². The van der Waals surface area contributed by atoms with E-state index in [1.807, 2.05) is 0 Å². The molecule has 6 nitrogen and oxygen atoms in total. The number of hydrogen-bond donors (Lipinski definition) is 2. The van der Waals surface area contributed by atoms with Crippen molar-refractivity contribution in [1.82, 2.24) is 15.1 Å². The van der Waals surface area contributed by atoms with Crippen molar-refractivity contribution in [1.29, 1.82) is 0 Å². The van der Waals surface area contributed by atoms with Crippen LogP contribution in [0.2, 0.25) is 0 Å². The number of nitrogens with one attached hydrogen (secondary N) is 1. The van der Waals surface area contributed by atoms with Crippen LogP contribution in [0.5, 0.6) is 0 Å². The summed E-state index contributed by atoms with van der Waals surface area (Å²) in [6.07, 6.45) is 5.58. The Morgan fingerprint density at radius 2 is 1.82 bits per heavy atom. The number of aliphatic hydroxyl groups is 1. The number of hydrogen-bond acceptors (Lipinski definition) is 3. The highest BCUT2D eigenvalue weighted by Crippen LogP contribution is 2.43. The molecule has 5 rings (SSSR count). The summed E-state index contributed by atoms with van der Waals surface area (Å²) < 4.78 is 0. The van der Waals surface area contributed by atoms with Gasteiger partial charge in [-0.1, -0.05) is 73.4 Å². The van der Waals surface area contributed by atoms with Gasteiger partial charge in [0.25, 0.3) is 0 Å².